The van der Waals surface area contributed by atoms with Crippen LogP contribution < -0.4 is 0 Å². The highest BCUT2D eigenvalue weighted by atomic mass is 16.7. The summed E-state index contributed by atoms with van der Waals surface area (Å²) >= 11 is 0. The molecule has 1 amide bonds. The Morgan fingerprint density at radius 2 is 1.80 bits per heavy atom. The SMILES string of the molecule is CC(CCCCN(Cc1ccccc1)C(=O)OC(C)(C)C)C(=O)OCC1OCCO1. The zero-order chi connectivity index (χ0) is 22.0. The van der Waals surface area contributed by atoms with Gasteiger partial charge in [0.05, 0.1) is 19.1 Å². The summed E-state index contributed by atoms with van der Waals surface area (Å²) in [5, 5.41) is 0. The molecule has 1 aromatic rings. The number of benzene rings is 1. The molecule has 0 bridgehead atoms. The van der Waals surface area contributed by atoms with E-state index in [9.17, 15) is 9.59 Å². The Bertz CT molecular complexity index is 651. The second-order valence-corrected chi connectivity index (χ2v) is 8.59. The second-order valence-electron chi connectivity index (χ2n) is 8.59. The van der Waals surface area contributed by atoms with Gasteiger partial charge in [-0.3, -0.25) is 4.79 Å². The maximum absolute atomic E-state index is 12.6. The maximum atomic E-state index is 12.6. The minimum absolute atomic E-state index is 0.132. The van der Waals surface area contributed by atoms with Crippen molar-refractivity contribution in [2.45, 2.75) is 65.4 Å². The van der Waals surface area contributed by atoms with Gasteiger partial charge in [-0.2, -0.15) is 0 Å². The predicted molar refractivity (Wildman–Crippen MR) is 113 cm³/mol. The number of unbranched alkanes of at least 4 members (excludes halogenated alkanes) is 1. The normalized spacial score (nSPS) is 15.6. The molecular formula is C23H35NO6. The van der Waals surface area contributed by atoms with Gasteiger partial charge in [-0.05, 0) is 39.2 Å². The molecule has 1 atom stereocenters. The number of esters is 1. The van der Waals surface area contributed by atoms with Crippen molar-refractivity contribution in [3.8, 4) is 0 Å². The van der Waals surface area contributed by atoms with E-state index in [1.165, 1.54) is 0 Å². The van der Waals surface area contributed by atoms with Gasteiger partial charge in [0.2, 0.25) is 0 Å². The van der Waals surface area contributed by atoms with Crippen LogP contribution in [0.2, 0.25) is 0 Å². The van der Waals surface area contributed by atoms with Gasteiger partial charge in [-0.15, -0.1) is 0 Å². The van der Waals surface area contributed by atoms with Crippen LogP contribution in [-0.4, -0.2) is 55.2 Å². The van der Waals surface area contributed by atoms with Crippen LogP contribution in [0.5, 0.6) is 0 Å². The molecule has 1 unspecified atom stereocenters. The van der Waals surface area contributed by atoms with Crippen LogP contribution in [0.15, 0.2) is 30.3 Å². The highest BCUT2D eigenvalue weighted by molar-refractivity contribution is 5.72. The summed E-state index contributed by atoms with van der Waals surface area (Å²) in [4.78, 5) is 26.5. The predicted octanol–water partition coefficient (Wildman–Crippen LogP) is 4.15. The van der Waals surface area contributed by atoms with Crippen molar-refractivity contribution in [2.75, 3.05) is 26.4 Å². The fraction of sp³-hybridized carbons (Fsp3) is 0.652. The van der Waals surface area contributed by atoms with Gasteiger partial charge in [-0.25, -0.2) is 4.79 Å². The Labute approximate surface area is 179 Å². The molecule has 0 radical (unpaired) electrons. The largest absolute Gasteiger partial charge is 0.460 e. The molecule has 0 aromatic heterocycles. The highest BCUT2D eigenvalue weighted by Gasteiger charge is 2.23. The first-order valence-electron chi connectivity index (χ1n) is 10.7. The number of carbonyl (C=O) groups is 2. The number of hydrogen-bond acceptors (Lipinski definition) is 6. The monoisotopic (exact) mass is 421 g/mol. The van der Waals surface area contributed by atoms with E-state index in [0.29, 0.717) is 32.7 Å². The summed E-state index contributed by atoms with van der Waals surface area (Å²) in [7, 11) is 0. The number of rotatable bonds is 10. The van der Waals surface area contributed by atoms with Crippen LogP contribution in [0.3, 0.4) is 0 Å². The molecule has 7 heteroatoms. The number of nitrogens with zero attached hydrogens (tertiary/aromatic N) is 1. The molecule has 1 saturated heterocycles. The van der Waals surface area contributed by atoms with Crippen molar-refractivity contribution >= 4 is 12.1 Å². The fourth-order valence-electron chi connectivity index (χ4n) is 3.03. The van der Waals surface area contributed by atoms with Crippen molar-refractivity contribution < 1.29 is 28.5 Å². The first-order chi connectivity index (χ1) is 14.2. The van der Waals surface area contributed by atoms with Crippen molar-refractivity contribution in [3.05, 3.63) is 35.9 Å². The minimum Gasteiger partial charge on any atom is -0.460 e. The molecule has 1 fully saturated rings. The maximum Gasteiger partial charge on any atom is 0.410 e. The summed E-state index contributed by atoms with van der Waals surface area (Å²) in [5.74, 6) is -0.460. The molecule has 30 heavy (non-hydrogen) atoms. The third kappa shape index (κ3) is 9.13. The van der Waals surface area contributed by atoms with Crippen LogP contribution in [0.1, 0.15) is 52.5 Å². The first kappa shape index (κ1) is 24.2. The lowest BCUT2D eigenvalue weighted by Crippen LogP contribution is -2.37. The molecule has 0 saturated carbocycles. The van der Waals surface area contributed by atoms with E-state index >= 15 is 0 Å². The molecular weight excluding hydrogens is 386 g/mol. The Balaban J connectivity index is 1.76. The van der Waals surface area contributed by atoms with Crippen molar-refractivity contribution in [1.29, 1.82) is 0 Å². The summed E-state index contributed by atoms with van der Waals surface area (Å²) in [6, 6.07) is 9.85. The highest BCUT2D eigenvalue weighted by Crippen LogP contribution is 2.16. The van der Waals surface area contributed by atoms with E-state index < -0.39 is 11.9 Å². The van der Waals surface area contributed by atoms with Crippen LogP contribution in [0.25, 0.3) is 0 Å². The molecule has 1 aliphatic heterocycles. The number of carbonyl (C=O) groups excluding carboxylic acids is 2. The van der Waals surface area contributed by atoms with Crippen LogP contribution in [0, 0.1) is 5.92 Å². The van der Waals surface area contributed by atoms with Gasteiger partial charge in [0.15, 0.2) is 6.29 Å². The number of hydrogen-bond donors (Lipinski definition) is 0. The quantitative estimate of drug-likeness (QED) is 0.417. The van der Waals surface area contributed by atoms with Crippen LogP contribution >= 0.6 is 0 Å². The van der Waals surface area contributed by atoms with Gasteiger partial charge in [0.25, 0.3) is 0 Å². The summed E-state index contributed by atoms with van der Waals surface area (Å²) < 4.78 is 21.4. The Hall–Kier alpha value is -2.12. The lowest BCUT2D eigenvalue weighted by molar-refractivity contribution is -0.160. The Morgan fingerprint density at radius 1 is 1.13 bits per heavy atom. The molecule has 168 valence electrons. The average molecular weight is 422 g/mol. The van der Waals surface area contributed by atoms with Gasteiger partial charge in [0, 0.05) is 13.1 Å². The minimum atomic E-state index is -0.545. The van der Waals surface area contributed by atoms with E-state index in [-0.39, 0.29) is 24.6 Å². The standard InChI is InChI=1S/C23H35NO6/c1-18(21(25)29-17-20-27-14-15-28-20)10-8-9-13-24(22(26)30-23(2,3)4)16-19-11-6-5-7-12-19/h5-7,11-12,18,20H,8-10,13-17H2,1-4H3. The summed E-state index contributed by atoms with van der Waals surface area (Å²) in [6.07, 6.45) is 1.51. The van der Waals surface area contributed by atoms with Crippen LogP contribution in [-0.2, 0) is 30.3 Å². The zero-order valence-electron chi connectivity index (χ0n) is 18.6. The topological polar surface area (TPSA) is 74.3 Å². The molecule has 1 heterocycles. The van der Waals surface area contributed by atoms with Gasteiger partial charge < -0.3 is 23.8 Å². The molecule has 0 spiro atoms. The van der Waals surface area contributed by atoms with E-state index in [4.69, 9.17) is 18.9 Å². The smallest absolute Gasteiger partial charge is 0.410 e. The van der Waals surface area contributed by atoms with Gasteiger partial charge >= 0.3 is 12.1 Å². The number of ether oxygens (including phenoxy) is 4. The van der Waals surface area contributed by atoms with E-state index in [1.807, 2.05) is 58.0 Å². The van der Waals surface area contributed by atoms with Crippen molar-refractivity contribution in [3.63, 3.8) is 0 Å². The first-order valence-corrected chi connectivity index (χ1v) is 10.7. The van der Waals surface area contributed by atoms with E-state index in [1.54, 1.807) is 4.90 Å². The van der Waals surface area contributed by atoms with Gasteiger partial charge in [0.1, 0.15) is 12.2 Å². The van der Waals surface area contributed by atoms with Gasteiger partial charge in [-0.1, -0.05) is 43.7 Å². The lowest BCUT2D eigenvalue weighted by Gasteiger charge is -2.27. The zero-order valence-corrected chi connectivity index (χ0v) is 18.6. The van der Waals surface area contributed by atoms with Crippen molar-refractivity contribution in [1.82, 2.24) is 4.90 Å². The molecule has 1 aromatic carbocycles. The third-order valence-corrected chi connectivity index (χ3v) is 4.64. The second kappa shape index (κ2) is 11.9. The van der Waals surface area contributed by atoms with Crippen molar-refractivity contribution in [2.24, 2.45) is 5.92 Å². The Kier molecular flexibility index (Phi) is 9.59. The van der Waals surface area contributed by atoms with E-state index in [0.717, 1.165) is 18.4 Å². The lowest BCUT2D eigenvalue weighted by atomic mass is 10.0. The fourth-order valence-corrected chi connectivity index (χ4v) is 3.03. The Morgan fingerprint density at radius 3 is 2.43 bits per heavy atom. The molecule has 2 rings (SSSR count). The third-order valence-electron chi connectivity index (χ3n) is 4.64. The molecule has 0 N–H and O–H groups in total. The molecule has 7 nitrogen and oxygen atoms in total. The number of amides is 1. The van der Waals surface area contributed by atoms with E-state index in [2.05, 4.69) is 0 Å². The van der Waals surface area contributed by atoms with Crippen LogP contribution in [0.4, 0.5) is 4.79 Å². The molecule has 0 aliphatic carbocycles. The average Bonchev–Trinajstić information content (AvgIpc) is 3.21. The molecule has 1 aliphatic rings. The summed E-state index contributed by atoms with van der Waals surface area (Å²) in [5.41, 5.74) is 0.508. The summed E-state index contributed by atoms with van der Waals surface area (Å²) in [6.45, 7) is 9.70.